The van der Waals surface area contributed by atoms with Crippen LogP contribution in [0.1, 0.15) is 17.3 Å². The van der Waals surface area contributed by atoms with Crippen molar-refractivity contribution in [1.82, 2.24) is 0 Å². The number of carbonyl (C=O) groups is 3. The number of Topliss-reactive ketones (excluding diaryl/α,β-unsaturated/α-hetero) is 1. The van der Waals surface area contributed by atoms with Crippen LogP contribution in [0.3, 0.4) is 0 Å². The Morgan fingerprint density at radius 3 is 2.27 bits per heavy atom. The third-order valence-corrected chi connectivity index (χ3v) is 4.11. The van der Waals surface area contributed by atoms with Crippen molar-refractivity contribution in [3.8, 4) is 5.75 Å². The molecule has 0 aliphatic carbocycles. The standard InChI is InChI=1S/C18H16Cl2N2O4/c1-10(23)21-12-5-8-14(19)15(9-12)22-18(25)16(20)17(24)11-3-6-13(26-2)7-4-11/h3-9,16H,1-2H3,(H,21,23)(H,22,25). The maximum atomic E-state index is 12.3. The number of anilines is 2. The van der Waals surface area contributed by atoms with Crippen molar-refractivity contribution in [1.29, 1.82) is 0 Å². The summed E-state index contributed by atoms with van der Waals surface area (Å²) in [6.45, 7) is 1.36. The summed E-state index contributed by atoms with van der Waals surface area (Å²) >= 11 is 12.1. The molecule has 1 atom stereocenters. The number of carbonyl (C=O) groups excluding carboxylic acids is 3. The van der Waals surface area contributed by atoms with Gasteiger partial charge in [-0.2, -0.15) is 0 Å². The van der Waals surface area contributed by atoms with Gasteiger partial charge in [0, 0.05) is 18.2 Å². The van der Waals surface area contributed by atoms with E-state index in [-0.39, 0.29) is 22.2 Å². The van der Waals surface area contributed by atoms with Gasteiger partial charge in [0.25, 0.3) is 0 Å². The van der Waals surface area contributed by atoms with Crippen LogP contribution in [0.25, 0.3) is 0 Å². The molecule has 2 amide bonds. The Bertz CT molecular complexity index is 838. The first-order chi connectivity index (χ1) is 12.3. The Morgan fingerprint density at radius 2 is 1.69 bits per heavy atom. The summed E-state index contributed by atoms with van der Waals surface area (Å²) in [5.74, 6) is -0.969. The molecule has 136 valence electrons. The van der Waals surface area contributed by atoms with Gasteiger partial charge >= 0.3 is 0 Å². The number of ketones is 1. The lowest BCUT2D eigenvalue weighted by atomic mass is 10.1. The molecule has 0 aliphatic rings. The number of rotatable bonds is 6. The third kappa shape index (κ3) is 4.97. The van der Waals surface area contributed by atoms with Crippen LogP contribution in [0.15, 0.2) is 42.5 Å². The van der Waals surface area contributed by atoms with Crippen LogP contribution in [0.4, 0.5) is 11.4 Å². The molecule has 2 rings (SSSR count). The fourth-order valence-electron chi connectivity index (χ4n) is 2.12. The molecule has 1 unspecified atom stereocenters. The molecule has 0 heterocycles. The van der Waals surface area contributed by atoms with Crippen LogP contribution in [0.2, 0.25) is 5.02 Å². The van der Waals surface area contributed by atoms with E-state index in [0.29, 0.717) is 11.4 Å². The lowest BCUT2D eigenvalue weighted by molar-refractivity contribution is -0.115. The molecule has 0 saturated heterocycles. The van der Waals surface area contributed by atoms with Crippen molar-refractivity contribution in [3.05, 3.63) is 53.1 Å². The van der Waals surface area contributed by atoms with Crippen LogP contribution < -0.4 is 15.4 Å². The zero-order valence-electron chi connectivity index (χ0n) is 14.0. The lowest BCUT2D eigenvalue weighted by Crippen LogP contribution is -2.30. The van der Waals surface area contributed by atoms with Crippen molar-refractivity contribution in [2.75, 3.05) is 17.7 Å². The predicted octanol–water partition coefficient (Wildman–Crippen LogP) is 3.74. The summed E-state index contributed by atoms with van der Waals surface area (Å²) in [7, 11) is 1.51. The van der Waals surface area contributed by atoms with E-state index in [0.717, 1.165) is 0 Å². The van der Waals surface area contributed by atoms with Crippen LogP contribution in [-0.2, 0) is 9.59 Å². The van der Waals surface area contributed by atoms with Gasteiger partial charge in [0.15, 0.2) is 11.2 Å². The van der Waals surface area contributed by atoms with Gasteiger partial charge in [0.2, 0.25) is 11.8 Å². The molecular weight excluding hydrogens is 379 g/mol. The van der Waals surface area contributed by atoms with E-state index in [1.54, 1.807) is 18.2 Å². The average molecular weight is 395 g/mol. The molecule has 2 aromatic rings. The van der Waals surface area contributed by atoms with Gasteiger partial charge in [-0.3, -0.25) is 14.4 Å². The smallest absolute Gasteiger partial charge is 0.250 e. The number of hydrogen-bond donors (Lipinski definition) is 2. The quantitative estimate of drug-likeness (QED) is 0.444. The highest BCUT2D eigenvalue weighted by molar-refractivity contribution is 6.46. The Balaban J connectivity index is 2.12. The minimum atomic E-state index is -1.44. The molecule has 8 heteroatoms. The highest BCUT2D eigenvalue weighted by atomic mass is 35.5. The molecule has 2 N–H and O–H groups in total. The van der Waals surface area contributed by atoms with E-state index >= 15 is 0 Å². The Kier molecular flexibility index (Phi) is 6.60. The zero-order chi connectivity index (χ0) is 19.3. The van der Waals surface area contributed by atoms with Gasteiger partial charge in [-0.15, -0.1) is 11.6 Å². The van der Waals surface area contributed by atoms with Crippen molar-refractivity contribution in [2.24, 2.45) is 0 Å². The fourth-order valence-corrected chi connectivity index (χ4v) is 2.46. The fraction of sp³-hybridized carbons (Fsp3) is 0.167. The van der Waals surface area contributed by atoms with Gasteiger partial charge in [0.05, 0.1) is 17.8 Å². The predicted molar refractivity (Wildman–Crippen MR) is 101 cm³/mol. The molecule has 0 aliphatic heterocycles. The van der Waals surface area contributed by atoms with Crippen LogP contribution in [0, 0.1) is 0 Å². The van der Waals surface area contributed by atoms with E-state index in [4.69, 9.17) is 27.9 Å². The number of amides is 2. The summed E-state index contributed by atoms with van der Waals surface area (Å²) in [6, 6.07) is 10.8. The molecule has 0 bridgehead atoms. The Morgan fingerprint density at radius 1 is 1.04 bits per heavy atom. The van der Waals surface area contributed by atoms with Crippen LogP contribution >= 0.6 is 23.2 Å². The molecule has 26 heavy (non-hydrogen) atoms. The first-order valence-electron chi connectivity index (χ1n) is 7.52. The van der Waals surface area contributed by atoms with E-state index < -0.39 is 17.1 Å². The topological polar surface area (TPSA) is 84.5 Å². The van der Waals surface area contributed by atoms with Crippen molar-refractivity contribution in [3.63, 3.8) is 0 Å². The number of alkyl halides is 1. The average Bonchev–Trinajstić information content (AvgIpc) is 2.62. The number of hydrogen-bond acceptors (Lipinski definition) is 4. The van der Waals surface area contributed by atoms with Crippen molar-refractivity contribution >= 4 is 52.2 Å². The maximum Gasteiger partial charge on any atom is 0.250 e. The van der Waals surface area contributed by atoms with Crippen molar-refractivity contribution < 1.29 is 19.1 Å². The van der Waals surface area contributed by atoms with Gasteiger partial charge in [-0.1, -0.05) is 11.6 Å². The minimum Gasteiger partial charge on any atom is -0.497 e. The van der Waals surface area contributed by atoms with E-state index in [2.05, 4.69) is 10.6 Å². The number of benzene rings is 2. The number of ether oxygens (including phenoxy) is 1. The monoisotopic (exact) mass is 394 g/mol. The first-order valence-corrected chi connectivity index (χ1v) is 8.33. The number of nitrogens with one attached hydrogen (secondary N) is 2. The number of halogens is 2. The second kappa shape index (κ2) is 8.69. The molecule has 0 spiro atoms. The number of methoxy groups -OCH3 is 1. The Hall–Kier alpha value is -2.57. The molecule has 6 nitrogen and oxygen atoms in total. The zero-order valence-corrected chi connectivity index (χ0v) is 15.5. The van der Waals surface area contributed by atoms with Crippen LogP contribution in [-0.4, -0.2) is 30.1 Å². The third-order valence-electron chi connectivity index (χ3n) is 3.38. The second-order valence-corrected chi connectivity index (χ2v) is 6.16. The summed E-state index contributed by atoms with van der Waals surface area (Å²) in [6.07, 6.45) is 0. The summed E-state index contributed by atoms with van der Waals surface area (Å²) in [4.78, 5) is 35.8. The Labute approximate surface area is 160 Å². The molecule has 2 aromatic carbocycles. The summed E-state index contributed by atoms with van der Waals surface area (Å²) < 4.78 is 5.02. The SMILES string of the molecule is COc1ccc(C(=O)C(Cl)C(=O)Nc2cc(NC(C)=O)ccc2Cl)cc1. The molecule has 0 radical (unpaired) electrons. The maximum absolute atomic E-state index is 12.3. The van der Waals surface area contributed by atoms with E-state index in [1.165, 1.54) is 38.3 Å². The molecule has 0 fully saturated rings. The lowest BCUT2D eigenvalue weighted by Gasteiger charge is -2.13. The van der Waals surface area contributed by atoms with Gasteiger partial charge < -0.3 is 15.4 Å². The van der Waals surface area contributed by atoms with E-state index in [9.17, 15) is 14.4 Å². The van der Waals surface area contributed by atoms with Gasteiger partial charge in [-0.05, 0) is 42.5 Å². The minimum absolute atomic E-state index is 0.232. The highest BCUT2D eigenvalue weighted by Crippen LogP contribution is 2.26. The highest BCUT2D eigenvalue weighted by Gasteiger charge is 2.26. The van der Waals surface area contributed by atoms with Gasteiger partial charge in [0.1, 0.15) is 5.75 Å². The van der Waals surface area contributed by atoms with Crippen molar-refractivity contribution in [2.45, 2.75) is 12.3 Å². The second-order valence-electron chi connectivity index (χ2n) is 5.32. The molecular formula is C18H16Cl2N2O4. The summed E-state index contributed by atoms with van der Waals surface area (Å²) in [5, 5.41) is 3.87. The van der Waals surface area contributed by atoms with E-state index in [1.807, 2.05) is 0 Å². The summed E-state index contributed by atoms with van der Waals surface area (Å²) in [5.41, 5.74) is 0.958. The largest absolute Gasteiger partial charge is 0.497 e. The first kappa shape index (κ1) is 19.8. The normalized spacial score (nSPS) is 11.4. The van der Waals surface area contributed by atoms with Crippen LogP contribution in [0.5, 0.6) is 5.75 Å². The molecule has 0 aromatic heterocycles. The molecule has 0 saturated carbocycles. The van der Waals surface area contributed by atoms with Gasteiger partial charge in [-0.25, -0.2) is 0 Å².